The molecule has 0 saturated heterocycles. The van der Waals surface area contributed by atoms with Crippen LogP contribution in [0.15, 0.2) is 47.4 Å². The number of hydrogen-bond acceptors (Lipinski definition) is 4. The number of sulfonamides is 1. The molecule has 27 heavy (non-hydrogen) atoms. The highest BCUT2D eigenvalue weighted by atomic mass is 32.2. The van der Waals surface area contributed by atoms with E-state index in [-0.39, 0.29) is 10.8 Å². The van der Waals surface area contributed by atoms with E-state index in [1.165, 1.54) is 30.6 Å². The first kappa shape index (κ1) is 20.8. The first-order chi connectivity index (χ1) is 12.8. The molecule has 0 saturated carbocycles. The second kappa shape index (κ2) is 8.43. The summed E-state index contributed by atoms with van der Waals surface area (Å²) in [7, 11) is -0.680. The summed E-state index contributed by atoms with van der Waals surface area (Å²) in [5.41, 5.74) is 1.80. The van der Waals surface area contributed by atoms with Gasteiger partial charge in [-0.1, -0.05) is 0 Å². The first-order valence-corrected chi connectivity index (χ1v) is 10.2. The maximum absolute atomic E-state index is 12.9. The number of methoxy groups -OCH3 is 1. The van der Waals surface area contributed by atoms with Crippen LogP contribution in [0.2, 0.25) is 0 Å². The minimum Gasteiger partial charge on any atom is -0.497 e. The lowest BCUT2D eigenvalue weighted by molar-refractivity contribution is 0.0773. The Morgan fingerprint density at radius 3 is 2.11 bits per heavy atom. The van der Waals surface area contributed by atoms with Gasteiger partial charge in [0.1, 0.15) is 5.75 Å². The minimum absolute atomic E-state index is 0.0599. The average molecular weight is 391 g/mol. The lowest BCUT2D eigenvalue weighted by Crippen LogP contribution is -2.31. The van der Waals surface area contributed by atoms with Gasteiger partial charge in [-0.3, -0.25) is 9.10 Å². The predicted molar refractivity (Wildman–Crippen MR) is 107 cm³/mol. The van der Waals surface area contributed by atoms with Crippen LogP contribution in [0.3, 0.4) is 0 Å². The van der Waals surface area contributed by atoms with Crippen LogP contribution in [-0.4, -0.2) is 46.5 Å². The van der Waals surface area contributed by atoms with Gasteiger partial charge in [-0.15, -0.1) is 0 Å². The van der Waals surface area contributed by atoms with Gasteiger partial charge in [0.05, 0.1) is 17.7 Å². The van der Waals surface area contributed by atoms with E-state index in [9.17, 15) is 13.2 Å². The molecule has 7 heteroatoms. The summed E-state index contributed by atoms with van der Waals surface area (Å²) in [5.74, 6) is 0.530. The third-order valence-electron chi connectivity index (χ3n) is 4.55. The van der Waals surface area contributed by atoms with Crippen molar-refractivity contribution in [1.82, 2.24) is 4.90 Å². The zero-order valence-electron chi connectivity index (χ0n) is 16.4. The lowest BCUT2D eigenvalue weighted by atomic mass is 10.1. The molecule has 2 rings (SSSR count). The summed E-state index contributed by atoms with van der Waals surface area (Å²) < 4.78 is 32.1. The number of hydrogen-bond donors (Lipinski definition) is 0. The predicted octanol–water partition coefficient (Wildman–Crippen LogP) is 3.31. The van der Waals surface area contributed by atoms with E-state index >= 15 is 0 Å². The van der Waals surface area contributed by atoms with Gasteiger partial charge in [-0.2, -0.15) is 0 Å². The number of ether oxygens (including phenoxy) is 1. The molecule has 0 aromatic heterocycles. The van der Waals surface area contributed by atoms with E-state index in [1.807, 2.05) is 13.8 Å². The molecule has 0 fully saturated rings. The van der Waals surface area contributed by atoms with Crippen LogP contribution in [0, 0.1) is 6.92 Å². The number of carbonyl (C=O) groups is 1. The first-order valence-electron chi connectivity index (χ1n) is 8.79. The second-order valence-electron chi connectivity index (χ2n) is 6.13. The molecule has 0 N–H and O–H groups in total. The number of aryl methyl sites for hydroxylation is 1. The van der Waals surface area contributed by atoms with Crippen LogP contribution in [-0.2, 0) is 10.0 Å². The van der Waals surface area contributed by atoms with Gasteiger partial charge in [0.25, 0.3) is 15.9 Å². The van der Waals surface area contributed by atoms with Crippen molar-refractivity contribution < 1.29 is 17.9 Å². The van der Waals surface area contributed by atoms with Crippen molar-refractivity contribution in [2.75, 3.05) is 31.6 Å². The molecule has 2 aromatic rings. The molecular weight excluding hydrogens is 364 g/mol. The largest absolute Gasteiger partial charge is 0.497 e. The van der Waals surface area contributed by atoms with E-state index in [0.29, 0.717) is 35.7 Å². The van der Waals surface area contributed by atoms with E-state index in [4.69, 9.17) is 4.74 Å². The Morgan fingerprint density at radius 2 is 1.63 bits per heavy atom. The van der Waals surface area contributed by atoms with Gasteiger partial charge < -0.3 is 9.64 Å². The van der Waals surface area contributed by atoms with Crippen LogP contribution in [0.5, 0.6) is 5.75 Å². The fourth-order valence-corrected chi connectivity index (χ4v) is 4.13. The Hall–Kier alpha value is -2.54. The Balaban J connectivity index is 2.35. The van der Waals surface area contributed by atoms with Crippen LogP contribution >= 0.6 is 0 Å². The zero-order valence-corrected chi connectivity index (χ0v) is 17.2. The number of benzene rings is 2. The number of nitrogens with zero attached hydrogens (tertiary/aromatic N) is 2. The minimum atomic E-state index is -3.72. The summed E-state index contributed by atoms with van der Waals surface area (Å²) >= 11 is 0. The van der Waals surface area contributed by atoms with Gasteiger partial charge in [-0.25, -0.2) is 8.42 Å². The summed E-state index contributed by atoms with van der Waals surface area (Å²) in [6, 6.07) is 11.3. The maximum Gasteiger partial charge on any atom is 0.264 e. The molecule has 0 unspecified atom stereocenters. The van der Waals surface area contributed by atoms with Gasteiger partial charge in [-0.05, 0) is 68.8 Å². The molecule has 1 amide bonds. The normalized spacial score (nSPS) is 11.1. The number of rotatable bonds is 7. The quantitative estimate of drug-likeness (QED) is 0.727. The van der Waals surface area contributed by atoms with Crippen LogP contribution in [0.25, 0.3) is 0 Å². The van der Waals surface area contributed by atoms with Gasteiger partial charge >= 0.3 is 0 Å². The number of amides is 1. The molecule has 0 bridgehead atoms. The molecule has 146 valence electrons. The second-order valence-corrected chi connectivity index (χ2v) is 8.10. The molecule has 0 spiro atoms. The van der Waals surface area contributed by atoms with Crippen LogP contribution < -0.4 is 9.04 Å². The highest BCUT2D eigenvalue weighted by molar-refractivity contribution is 7.92. The number of anilines is 1. The lowest BCUT2D eigenvalue weighted by Gasteiger charge is -2.23. The molecule has 0 heterocycles. The molecule has 0 atom stereocenters. The van der Waals surface area contributed by atoms with E-state index < -0.39 is 10.0 Å². The fraction of sp³-hybridized carbons (Fsp3) is 0.350. The van der Waals surface area contributed by atoms with E-state index in [0.717, 1.165) is 0 Å². The third-order valence-corrected chi connectivity index (χ3v) is 6.34. The van der Waals surface area contributed by atoms with Gasteiger partial charge in [0.15, 0.2) is 0 Å². The summed E-state index contributed by atoms with van der Waals surface area (Å²) in [5, 5.41) is 0. The van der Waals surface area contributed by atoms with Crippen molar-refractivity contribution in [1.29, 1.82) is 0 Å². The monoisotopic (exact) mass is 390 g/mol. The smallest absolute Gasteiger partial charge is 0.264 e. The van der Waals surface area contributed by atoms with Crippen molar-refractivity contribution in [3.05, 3.63) is 53.6 Å². The average Bonchev–Trinajstić information content (AvgIpc) is 2.68. The summed E-state index contributed by atoms with van der Waals surface area (Å²) in [4.78, 5) is 14.4. The molecule has 0 aliphatic rings. The van der Waals surface area contributed by atoms with Gasteiger partial charge in [0, 0.05) is 25.7 Å². The van der Waals surface area contributed by atoms with Crippen LogP contribution in [0.1, 0.15) is 29.8 Å². The third kappa shape index (κ3) is 4.24. The SMILES string of the molecule is CCN(CC)C(=O)c1ccc(N(C)S(=O)(=O)c2ccc(OC)cc2)c(C)c1. The summed E-state index contributed by atoms with van der Waals surface area (Å²) in [6.07, 6.45) is 0. The molecule has 0 aliphatic carbocycles. The topological polar surface area (TPSA) is 66.9 Å². The molecule has 2 aromatic carbocycles. The molecule has 0 aliphatic heterocycles. The highest BCUT2D eigenvalue weighted by Gasteiger charge is 2.23. The van der Waals surface area contributed by atoms with Crippen molar-refractivity contribution in [2.24, 2.45) is 0 Å². The number of carbonyl (C=O) groups excluding carboxylic acids is 1. The Bertz CT molecular complexity index is 904. The highest BCUT2D eigenvalue weighted by Crippen LogP contribution is 2.27. The fourth-order valence-electron chi connectivity index (χ4n) is 2.87. The summed E-state index contributed by atoms with van der Waals surface area (Å²) in [6.45, 7) is 6.91. The van der Waals surface area contributed by atoms with Crippen LogP contribution in [0.4, 0.5) is 5.69 Å². The molecule has 6 nitrogen and oxygen atoms in total. The standard InChI is InChI=1S/C20H26N2O4S/c1-6-22(7-2)20(23)16-8-13-19(15(3)14-16)21(4)27(24,25)18-11-9-17(26-5)10-12-18/h8-14H,6-7H2,1-5H3. The Morgan fingerprint density at radius 1 is 1.04 bits per heavy atom. The van der Waals surface area contributed by atoms with E-state index in [2.05, 4.69) is 0 Å². The van der Waals surface area contributed by atoms with Gasteiger partial charge in [0.2, 0.25) is 0 Å². The van der Waals surface area contributed by atoms with E-state index in [1.54, 1.807) is 42.2 Å². The Kier molecular flexibility index (Phi) is 6.49. The maximum atomic E-state index is 12.9. The molecular formula is C20H26N2O4S. The molecule has 0 radical (unpaired) electrons. The van der Waals surface area contributed by atoms with Crippen molar-refractivity contribution in [3.8, 4) is 5.75 Å². The van der Waals surface area contributed by atoms with Crippen molar-refractivity contribution in [2.45, 2.75) is 25.7 Å². The Labute approximate surface area is 161 Å². The van der Waals surface area contributed by atoms with Crippen molar-refractivity contribution in [3.63, 3.8) is 0 Å². The van der Waals surface area contributed by atoms with Crippen molar-refractivity contribution >= 4 is 21.6 Å². The zero-order chi connectivity index (χ0) is 20.2.